The van der Waals surface area contributed by atoms with Crippen molar-refractivity contribution in [1.29, 1.82) is 0 Å². The summed E-state index contributed by atoms with van der Waals surface area (Å²) >= 11 is 0. The van der Waals surface area contributed by atoms with Crippen molar-refractivity contribution in [2.24, 2.45) is 11.3 Å². The van der Waals surface area contributed by atoms with E-state index in [9.17, 15) is 0 Å². The fourth-order valence-electron chi connectivity index (χ4n) is 1.46. The lowest BCUT2D eigenvalue weighted by molar-refractivity contribution is 0.0150. The minimum atomic E-state index is 0.194. The molecule has 0 aliphatic carbocycles. The second-order valence-corrected chi connectivity index (χ2v) is 5.85. The van der Waals surface area contributed by atoms with Crippen molar-refractivity contribution >= 4 is 0 Å². The number of nitrogens with one attached hydrogen (secondary N) is 1. The number of rotatable bonds is 11. The SMILES string of the molecule is CCCOCCOCC(C)(C)CNCC(C)C. The third-order valence-electron chi connectivity index (χ3n) is 2.37. The normalized spacial score (nSPS) is 12.4. The largest absolute Gasteiger partial charge is 0.379 e. The first kappa shape index (κ1) is 16.9. The molecule has 0 atom stereocenters. The van der Waals surface area contributed by atoms with Crippen molar-refractivity contribution in [3.8, 4) is 0 Å². The highest BCUT2D eigenvalue weighted by molar-refractivity contribution is 4.71. The van der Waals surface area contributed by atoms with Crippen molar-refractivity contribution in [2.45, 2.75) is 41.0 Å². The van der Waals surface area contributed by atoms with E-state index in [1.165, 1.54) is 0 Å². The van der Waals surface area contributed by atoms with Gasteiger partial charge < -0.3 is 14.8 Å². The zero-order valence-electron chi connectivity index (χ0n) is 12.3. The zero-order valence-corrected chi connectivity index (χ0v) is 12.3. The predicted molar refractivity (Wildman–Crippen MR) is 73.4 cm³/mol. The van der Waals surface area contributed by atoms with Gasteiger partial charge in [-0.05, 0) is 18.9 Å². The van der Waals surface area contributed by atoms with Crippen molar-refractivity contribution < 1.29 is 9.47 Å². The Morgan fingerprint density at radius 3 is 2.29 bits per heavy atom. The van der Waals surface area contributed by atoms with Crippen LogP contribution in [-0.4, -0.2) is 39.5 Å². The van der Waals surface area contributed by atoms with Crippen molar-refractivity contribution in [2.75, 3.05) is 39.5 Å². The molecule has 0 aliphatic rings. The molecule has 0 spiro atoms. The Morgan fingerprint density at radius 2 is 1.71 bits per heavy atom. The molecule has 0 fully saturated rings. The second kappa shape index (κ2) is 9.86. The van der Waals surface area contributed by atoms with Gasteiger partial charge in [0.15, 0.2) is 0 Å². The van der Waals surface area contributed by atoms with Gasteiger partial charge in [-0.3, -0.25) is 0 Å². The highest BCUT2D eigenvalue weighted by Gasteiger charge is 2.17. The molecule has 0 aromatic heterocycles. The molecule has 0 heterocycles. The summed E-state index contributed by atoms with van der Waals surface area (Å²) in [5.41, 5.74) is 0.194. The Labute approximate surface area is 107 Å². The van der Waals surface area contributed by atoms with Crippen molar-refractivity contribution in [3.63, 3.8) is 0 Å². The van der Waals surface area contributed by atoms with Crippen LogP contribution in [0.3, 0.4) is 0 Å². The van der Waals surface area contributed by atoms with E-state index in [1.807, 2.05) is 0 Å². The Morgan fingerprint density at radius 1 is 1.06 bits per heavy atom. The average Bonchev–Trinajstić information content (AvgIpc) is 2.22. The quantitative estimate of drug-likeness (QED) is 0.568. The Bertz CT molecular complexity index is 170. The van der Waals surface area contributed by atoms with Crippen LogP contribution in [0.1, 0.15) is 41.0 Å². The van der Waals surface area contributed by atoms with Crippen LogP contribution >= 0.6 is 0 Å². The van der Waals surface area contributed by atoms with E-state index in [2.05, 4.69) is 39.9 Å². The number of hydrogen-bond acceptors (Lipinski definition) is 3. The van der Waals surface area contributed by atoms with E-state index >= 15 is 0 Å². The van der Waals surface area contributed by atoms with Crippen LogP contribution in [0.4, 0.5) is 0 Å². The summed E-state index contributed by atoms with van der Waals surface area (Å²) in [6, 6.07) is 0. The molecule has 0 radical (unpaired) electrons. The molecule has 17 heavy (non-hydrogen) atoms. The summed E-state index contributed by atoms with van der Waals surface area (Å²) < 4.78 is 11.0. The highest BCUT2D eigenvalue weighted by Crippen LogP contribution is 2.13. The fraction of sp³-hybridized carbons (Fsp3) is 1.00. The molecule has 0 rings (SSSR count). The van der Waals surface area contributed by atoms with Crippen LogP contribution in [0.2, 0.25) is 0 Å². The maximum absolute atomic E-state index is 5.64. The summed E-state index contributed by atoms with van der Waals surface area (Å²) in [7, 11) is 0. The van der Waals surface area contributed by atoms with E-state index < -0.39 is 0 Å². The minimum absolute atomic E-state index is 0.194. The predicted octanol–water partition coefficient (Wildman–Crippen LogP) is 2.70. The summed E-state index contributed by atoms with van der Waals surface area (Å²) in [6.07, 6.45) is 1.07. The minimum Gasteiger partial charge on any atom is -0.379 e. The molecule has 1 N–H and O–H groups in total. The average molecular weight is 245 g/mol. The molecule has 0 unspecified atom stereocenters. The van der Waals surface area contributed by atoms with Crippen molar-refractivity contribution in [3.05, 3.63) is 0 Å². The van der Waals surface area contributed by atoms with Gasteiger partial charge in [-0.25, -0.2) is 0 Å². The number of hydrogen-bond donors (Lipinski definition) is 1. The van der Waals surface area contributed by atoms with E-state index in [4.69, 9.17) is 9.47 Å². The summed E-state index contributed by atoms with van der Waals surface area (Å²) in [5.74, 6) is 0.703. The molecular formula is C14H31NO2. The van der Waals surface area contributed by atoms with Gasteiger partial charge in [-0.2, -0.15) is 0 Å². The van der Waals surface area contributed by atoms with E-state index in [0.717, 1.165) is 32.7 Å². The van der Waals surface area contributed by atoms with Gasteiger partial charge in [0.1, 0.15) is 0 Å². The lowest BCUT2D eigenvalue weighted by atomic mass is 9.94. The van der Waals surface area contributed by atoms with Crippen molar-refractivity contribution in [1.82, 2.24) is 5.32 Å². The second-order valence-electron chi connectivity index (χ2n) is 5.85. The van der Waals surface area contributed by atoms with Gasteiger partial charge in [-0.15, -0.1) is 0 Å². The summed E-state index contributed by atoms with van der Waals surface area (Å²) in [4.78, 5) is 0. The molecule has 0 amide bonds. The molecule has 104 valence electrons. The first-order valence-electron chi connectivity index (χ1n) is 6.84. The van der Waals surface area contributed by atoms with Gasteiger partial charge >= 0.3 is 0 Å². The van der Waals surface area contributed by atoms with Gasteiger partial charge in [0.2, 0.25) is 0 Å². The molecule has 3 nitrogen and oxygen atoms in total. The van der Waals surface area contributed by atoms with Crippen LogP contribution < -0.4 is 5.32 Å². The van der Waals surface area contributed by atoms with Gasteiger partial charge in [0.25, 0.3) is 0 Å². The molecule has 0 bridgehead atoms. The zero-order chi connectivity index (χ0) is 13.1. The molecule has 3 heteroatoms. The Balaban J connectivity index is 3.43. The first-order valence-corrected chi connectivity index (χ1v) is 6.84. The lowest BCUT2D eigenvalue weighted by Gasteiger charge is -2.25. The van der Waals surface area contributed by atoms with Crippen LogP contribution in [0, 0.1) is 11.3 Å². The topological polar surface area (TPSA) is 30.5 Å². The standard InChI is InChI=1S/C14H31NO2/c1-6-7-16-8-9-17-12-14(4,5)11-15-10-13(2)3/h13,15H,6-12H2,1-5H3. The molecular weight excluding hydrogens is 214 g/mol. The lowest BCUT2D eigenvalue weighted by Crippen LogP contribution is -2.35. The Hall–Kier alpha value is -0.120. The van der Waals surface area contributed by atoms with Crippen LogP contribution in [0.5, 0.6) is 0 Å². The van der Waals surface area contributed by atoms with Crippen LogP contribution in [-0.2, 0) is 9.47 Å². The van der Waals surface area contributed by atoms with Gasteiger partial charge in [0, 0.05) is 18.6 Å². The van der Waals surface area contributed by atoms with Gasteiger partial charge in [-0.1, -0.05) is 34.6 Å². The van der Waals surface area contributed by atoms with E-state index in [1.54, 1.807) is 0 Å². The monoisotopic (exact) mass is 245 g/mol. The third kappa shape index (κ3) is 12.1. The maximum atomic E-state index is 5.64. The molecule has 0 aromatic rings. The Kier molecular flexibility index (Phi) is 9.79. The third-order valence-corrected chi connectivity index (χ3v) is 2.37. The van der Waals surface area contributed by atoms with E-state index in [0.29, 0.717) is 19.1 Å². The first-order chi connectivity index (χ1) is 7.98. The van der Waals surface area contributed by atoms with E-state index in [-0.39, 0.29) is 5.41 Å². The highest BCUT2D eigenvalue weighted by atomic mass is 16.5. The molecule has 0 saturated carbocycles. The smallest absolute Gasteiger partial charge is 0.0700 e. The van der Waals surface area contributed by atoms with Crippen LogP contribution in [0.15, 0.2) is 0 Å². The molecule has 0 aromatic carbocycles. The fourth-order valence-corrected chi connectivity index (χ4v) is 1.46. The van der Waals surface area contributed by atoms with Gasteiger partial charge in [0.05, 0.1) is 19.8 Å². The number of ether oxygens (including phenoxy) is 2. The summed E-state index contributed by atoms with van der Waals surface area (Å²) in [6.45, 7) is 16.1. The molecule has 0 saturated heterocycles. The van der Waals surface area contributed by atoms with Crippen LogP contribution in [0.25, 0.3) is 0 Å². The summed E-state index contributed by atoms with van der Waals surface area (Å²) in [5, 5.41) is 3.48. The maximum Gasteiger partial charge on any atom is 0.0700 e. The molecule has 0 aliphatic heterocycles.